The molecule has 1 aromatic carbocycles. The second-order valence-corrected chi connectivity index (χ2v) is 6.87. The molecule has 4 rings (SSSR count). The molecule has 1 saturated heterocycles. The van der Waals surface area contributed by atoms with Gasteiger partial charge in [0.2, 0.25) is 5.13 Å². The maximum absolute atomic E-state index is 4.67. The summed E-state index contributed by atoms with van der Waals surface area (Å²) in [5.74, 6) is 1.42. The molecule has 1 aliphatic rings. The van der Waals surface area contributed by atoms with Gasteiger partial charge >= 0.3 is 0 Å². The zero-order chi connectivity index (χ0) is 17.8. The largest absolute Gasteiger partial charge is 0.374 e. The first-order valence-electron chi connectivity index (χ1n) is 8.64. The van der Waals surface area contributed by atoms with Gasteiger partial charge in [0.15, 0.2) is 5.82 Å². The van der Waals surface area contributed by atoms with E-state index in [9.17, 15) is 0 Å². The van der Waals surface area contributed by atoms with E-state index >= 15 is 0 Å². The summed E-state index contributed by atoms with van der Waals surface area (Å²) in [7, 11) is 0. The average molecular weight is 364 g/mol. The van der Waals surface area contributed by atoms with Crippen molar-refractivity contribution in [2.24, 2.45) is 0 Å². The number of rotatable bonds is 4. The summed E-state index contributed by atoms with van der Waals surface area (Å²) in [5.41, 5.74) is 2.01. The van der Waals surface area contributed by atoms with Crippen LogP contribution in [0.25, 0.3) is 17.6 Å². The van der Waals surface area contributed by atoms with Crippen LogP contribution in [0, 0.1) is 6.92 Å². The second kappa shape index (κ2) is 7.61. The molecule has 26 heavy (non-hydrogen) atoms. The first-order valence-corrected chi connectivity index (χ1v) is 9.41. The monoisotopic (exact) mass is 364 g/mol. The summed E-state index contributed by atoms with van der Waals surface area (Å²) >= 11 is 1.44. The zero-order valence-corrected chi connectivity index (χ0v) is 15.4. The van der Waals surface area contributed by atoms with E-state index in [1.165, 1.54) is 17.1 Å². The predicted octanol–water partition coefficient (Wildman–Crippen LogP) is 3.10. The maximum Gasteiger partial charge on any atom is 0.205 e. The van der Waals surface area contributed by atoms with Crippen LogP contribution in [0.15, 0.2) is 48.8 Å². The number of aryl methyl sites for hydroxylation is 1. The molecule has 0 atom stereocenters. The number of nitrogens with zero attached hydrogens (tertiary/aromatic N) is 6. The number of hydrogen-bond donors (Lipinski definition) is 0. The molecule has 0 amide bonds. The Morgan fingerprint density at radius 1 is 1.00 bits per heavy atom. The number of aromatic nitrogens is 4. The van der Waals surface area contributed by atoms with E-state index in [2.05, 4.69) is 65.7 Å². The predicted molar refractivity (Wildman–Crippen MR) is 105 cm³/mol. The topological polar surface area (TPSA) is 58.0 Å². The number of piperazine rings is 1. The highest BCUT2D eigenvalue weighted by Gasteiger charge is 2.19. The quantitative estimate of drug-likeness (QED) is 0.709. The Morgan fingerprint density at radius 3 is 2.58 bits per heavy atom. The molecule has 0 saturated carbocycles. The minimum Gasteiger partial charge on any atom is -0.374 e. The lowest BCUT2D eigenvalue weighted by molar-refractivity contribution is 0.351. The number of hydrogen-bond acceptors (Lipinski definition) is 7. The molecule has 0 aliphatic carbocycles. The van der Waals surface area contributed by atoms with Gasteiger partial charge in [-0.05, 0) is 30.8 Å². The molecule has 0 unspecified atom stereocenters. The molecule has 7 heteroatoms. The highest BCUT2D eigenvalue weighted by molar-refractivity contribution is 7.09. The summed E-state index contributed by atoms with van der Waals surface area (Å²) in [4.78, 5) is 17.8. The van der Waals surface area contributed by atoms with Gasteiger partial charge in [-0.3, -0.25) is 0 Å². The van der Waals surface area contributed by atoms with Gasteiger partial charge in [-0.15, -0.1) is 0 Å². The third-order valence-electron chi connectivity index (χ3n) is 4.28. The smallest absolute Gasteiger partial charge is 0.205 e. The Kier molecular flexibility index (Phi) is 4.88. The van der Waals surface area contributed by atoms with E-state index in [0.29, 0.717) is 5.82 Å². The normalized spacial score (nSPS) is 15.0. The van der Waals surface area contributed by atoms with Gasteiger partial charge in [-0.25, -0.2) is 9.97 Å². The number of anilines is 1. The summed E-state index contributed by atoms with van der Waals surface area (Å²) in [6.07, 6.45) is 6.09. The van der Waals surface area contributed by atoms with Gasteiger partial charge in [0.05, 0.1) is 0 Å². The molecule has 0 bridgehead atoms. The van der Waals surface area contributed by atoms with Gasteiger partial charge < -0.3 is 9.80 Å². The van der Waals surface area contributed by atoms with Gasteiger partial charge in [0, 0.05) is 43.9 Å². The van der Waals surface area contributed by atoms with Crippen molar-refractivity contribution in [1.82, 2.24) is 24.2 Å². The van der Waals surface area contributed by atoms with Crippen LogP contribution in [0.1, 0.15) is 11.4 Å². The fraction of sp³-hybridized carbons (Fsp3) is 0.263. The van der Waals surface area contributed by atoms with Crippen molar-refractivity contribution in [3.63, 3.8) is 0 Å². The Balaban J connectivity index is 1.37. The van der Waals surface area contributed by atoms with E-state index in [1.54, 1.807) is 6.20 Å². The van der Waals surface area contributed by atoms with Crippen LogP contribution in [-0.4, -0.2) is 50.4 Å². The molecule has 0 spiro atoms. The van der Waals surface area contributed by atoms with Crippen molar-refractivity contribution < 1.29 is 0 Å². The molecule has 1 aliphatic heterocycles. The molecule has 3 heterocycles. The van der Waals surface area contributed by atoms with Crippen molar-refractivity contribution in [3.8, 4) is 11.5 Å². The molecular weight excluding hydrogens is 344 g/mol. The summed E-state index contributed by atoms with van der Waals surface area (Å²) in [6, 6.07) is 12.2. The van der Waals surface area contributed by atoms with E-state index in [0.717, 1.165) is 42.8 Å². The first kappa shape index (κ1) is 16.7. The lowest BCUT2D eigenvalue weighted by Gasteiger charge is -2.33. The van der Waals surface area contributed by atoms with Crippen molar-refractivity contribution in [3.05, 3.63) is 60.2 Å². The third-order valence-corrected chi connectivity index (χ3v) is 5.06. The Morgan fingerprint density at radius 2 is 1.81 bits per heavy atom. The Labute approximate surface area is 157 Å². The van der Waals surface area contributed by atoms with Crippen molar-refractivity contribution in [2.75, 3.05) is 31.1 Å². The molecular formula is C19H20N6S. The molecule has 0 radical (unpaired) electrons. The van der Waals surface area contributed by atoms with Crippen molar-refractivity contribution in [1.29, 1.82) is 0 Å². The minimum atomic E-state index is 0.682. The molecule has 6 nitrogen and oxygen atoms in total. The van der Waals surface area contributed by atoms with Crippen LogP contribution < -0.4 is 4.90 Å². The number of benzene rings is 1. The fourth-order valence-corrected chi connectivity index (χ4v) is 3.57. The van der Waals surface area contributed by atoms with Gasteiger partial charge in [-0.2, -0.15) is 9.36 Å². The van der Waals surface area contributed by atoms with E-state index in [4.69, 9.17) is 0 Å². The van der Waals surface area contributed by atoms with Crippen LogP contribution >= 0.6 is 11.5 Å². The Bertz CT molecular complexity index is 884. The summed E-state index contributed by atoms with van der Waals surface area (Å²) in [5, 5.41) is 0.961. The van der Waals surface area contributed by atoms with Gasteiger partial charge in [-0.1, -0.05) is 30.3 Å². The van der Waals surface area contributed by atoms with E-state index in [1.807, 2.05) is 19.1 Å². The maximum atomic E-state index is 4.67. The third kappa shape index (κ3) is 3.88. The highest BCUT2D eigenvalue weighted by atomic mass is 32.1. The van der Waals surface area contributed by atoms with Crippen molar-refractivity contribution >= 4 is 22.7 Å². The first-order chi connectivity index (χ1) is 12.8. The van der Waals surface area contributed by atoms with Crippen LogP contribution in [0.2, 0.25) is 0 Å². The van der Waals surface area contributed by atoms with Crippen LogP contribution in [-0.2, 0) is 0 Å². The van der Waals surface area contributed by atoms with Crippen LogP contribution in [0.3, 0.4) is 0 Å². The lowest BCUT2D eigenvalue weighted by Crippen LogP contribution is -2.44. The SMILES string of the molecule is Cc1nccc(-c2nsc(N3CCN(C=Cc4ccccc4)CC3)n2)n1. The van der Waals surface area contributed by atoms with Crippen LogP contribution in [0.4, 0.5) is 5.13 Å². The highest BCUT2D eigenvalue weighted by Crippen LogP contribution is 2.23. The second-order valence-electron chi connectivity index (χ2n) is 6.14. The standard InChI is InChI=1S/C19H20N6S/c1-15-20-9-7-17(21-15)18-22-19(26-23-18)25-13-11-24(12-14-25)10-8-16-5-3-2-4-6-16/h2-10H,11-14H2,1H3. The van der Waals surface area contributed by atoms with Crippen LogP contribution in [0.5, 0.6) is 0 Å². The molecule has 3 aromatic rings. The van der Waals surface area contributed by atoms with Crippen molar-refractivity contribution in [2.45, 2.75) is 6.92 Å². The molecule has 0 N–H and O–H groups in total. The molecule has 1 fully saturated rings. The van der Waals surface area contributed by atoms with E-state index in [-0.39, 0.29) is 0 Å². The molecule has 132 valence electrons. The van der Waals surface area contributed by atoms with E-state index < -0.39 is 0 Å². The summed E-state index contributed by atoms with van der Waals surface area (Å²) < 4.78 is 4.47. The van der Waals surface area contributed by atoms with Gasteiger partial charge in [0.1, 0.15) is 11.5 Å². The minimum absolute atomic E-state index is 0.682. The zero-order valence-electron chi connectivity index (χ0n) is 14.6. The Hall–Kier alpha value is -2.80. The van der Waals surface area contributed by atoms with Gasteiger partial charge in [0.25, 0.3) is 0 Å². The lowest BCUT2D eigenvalue weighted by atomic mass is 10.2. The average Bonchev–Trinajstić information content (AvgIpc) is 3.18. The summed E-state index contributed by atoms with van der Waals surface area (Å²) in [6.45, 7) is 5.71. The molecule has 2 aromatic heterocycles. The fourth-order valence-electron chi connectivity index (χ4n) is 2.85.